The first-order valence-electron chi connectivity index (χ1n) is 5.76. The quantitative estimate of drug-likeness (QED) is 0.712. The molecular formula is C12H21N3O. The summed E-state index contributed by atoms with van der Waals surface area (Å²) in [5.41, 5.74) is 7.35. The molecule has 0 aliphatic carbocycles. The van der Waals surface area contributed by atoms with Crippen LogP contribution in [0, 0.1) is 0 Å². The van der Waals surface area contributed by atoms with Crippen molar-refractivity contribution in [2.24, 2.45) is 0 Å². The van der Waals surface area contributed by atoms with Crippen molar-refractivity contribution < 1.29 is 4.74 Å². The topological polar surface area (TPSA) is 51.4 Å². The molecule has 4 heteroatoms. The van der Waals surface area contributed by atoms with E-state index in [0.717, 1.165) is 38.5 Å². The number of nitrogens with zero attached hydrogens (tertiary/aromatic N) is 2. The predicted octanol–water partition coefficient (Wildman–Crippen LogP) is 1.52. The molecule has 0 aliphatic rings. The van der Waals surface area contributed by atoms with Crippen molar-refractivity contribution >= 4 is 5.69 Å². The third kappa shape index (κ3) is 4.59. The number of hydrogen-bond acceptors (Lipinski definition) is 4. The van der Waals surface area contributed by atoms with E-state index in [1.165, 1.54) is 0 Å². The third-order valence-corrected chi connectivity index (χ3v) is 2.44. The minimum atomic E-state index is 0.709. The molecular weight excluding hydrogens is 202 g/mol. The molecule has 0 amide bonds. The Morgan fingerprint density at radius 2 is 2.19 bits per heavy atom. The number of rotatable bonds is 7. The summed E-state index contributed by atoms with van der Waals surface area (Å²) in [5, 5.41) is 0. The van der Waals surface area contributed by atoms with Crippen molar-refractivity contribution in [1.82, 2.24) is 9.88 Å². The van der Waals surface area contributed by atoms with Gasteiger partial charge in [-0.1, -0.05) is 6.92 Å². The molecule has 90 valence electrons. The highest BCUT2D eigenvalue weighted by Crippen LogP contribution is 2.04. The summed E-state index contributed by atoms with van der Waals surface area (Å²) >= 11 is 0. The van der Waals surface area contributed by atoms with Gasteiger partial charge in [-0.3, -0.25) is 9.88 Å². The Morgan fingerprint density at radius 3 is 2.75 bits per heavy atom. The van der Waals surface area contributed by atoms with Crippen LogP contribution in [0.4, 0.5) is 5.69 Å². The number of ether oxygens (including phenoxy) is 1. The largest absolute Gasteiger partial charge is 0.397 e. The van der Waals surface area contributed by atoms with Gasteiger partial charge in [-0.15, -0.1) is 0 Å². The maximum absolute atomic E-state index is 5.59. The molecule has 1 heterocycles. The van der Waals surface area contributed by atoms with Gasteiger partial charge in [-0.25, -0.2) is 0 Å². The number of aromatic nitrogens is 1. The summed E-state index contributed by atoms with van der Waals surface area (Å²) in [4.78, 5) is 6.59. The van der Waals surface area contributed by atoms with E-state index in [1.807, 2.05) is 19.1 Å². The van der Waals surface area contributed by atoms with Gasteiger partial charge in [0.1, 0.15) is 0 Å². The monoisotopic (exact) mass is 223 g/mol. The van der Waals surface area contributed by atoms with Crippen LogP contribution in [0.15, 0.2) is 18.3 Å². The molecule has 16 heavy (non-hydrogen) atoms. The van der Waals surface area contributed by atoms with Gasteiger partial charge in [0.2, 0.25) is 0 Å². The van der Waals surface area contributed by atoms with E-state index >= 15 is 0 Å². The molecule has 2 N–H and O–H groups in total. The summed E-state index contributed by atoms with van der Waals surface area (Å²) < 4.78 is 5.34. The van der Waals surface area contributed by atoms with Gasteiger partial charge in [-0.05, 0) is 25.6 Å². The molecule has 0 unspecified atom stereocenters. The lowest BCUT2D eigenvalue weighted by Gasteiger charge is -2.19. The van der Waals surface area contributed by atoms with Crippen molar-refractivity contribution in [3.05, 3.63) is 24.0 Å². The van der Waals surface area contributed by atoms with E-state index in [-0.39, 0.29) is 0 Å². The van der Waals surface area contributed by atoms with Crippen LogP contribution in [-0.4, -0.2) is 36.2 Å². The molecule has 0 spiro atoms. The normalized spacial score (nSPS) is 10.9. The minimum Gasteiger partial charge on any atom is -0.397 e. The van der Waals surface area contributed by atoms with Crippen LogP contribution in [0.25, 0.3) is 0 Å². The molecule has 4 nitrogen and oxygen atoms in total. The molecule has 0 saturated heterocycles. The Balaban J connectivity index is 2.40. The van der Waals surface area contributed by atoms with E-state index in [4.69, 9.17) is 10.5 Å². The molecule has 0 fully saturated rings. The van der Waals surface area contributed by atoms with Crippen molar-refractivity contribution in [1.29, 1.82) is 0 Å². The molecule has 0 bridgehead atoms. The minimum absolute atomic E-state index is 0.709. The Bertz CT molecular complexity index is 287. The van der Waals surface area contributed by atoms with E-state index in [1.54, 1.807) is 6.20 Å². The molecule has 1 rings (SSSR count). The number of pyridine rings is 1. The van der Waals surface area contributed by atoms with Gasteiger partial charge in [0, 0.05) is 19.7 Å². The van der Waals surface area contributed by atoms with Gasteiger partial charge in [0.15, 0.2) is 0 Å². The molecule has 0 atom stereocenters. The summed E-state index contributed by atoms with van der Waals surface area (Å²) in [7, 11) is 0. The second-order valence-corrected chi connectivity index (χ2v) is 3.65. The Hall–Kier alpha value is -1.13. The number of likely N-dealkylation sites (N-methyl/N-ethyl adjacent to an activating group) is 1. The fourth-order valence-corrected chi connectivity index (χ4v) is 1.45. The summed E-state index contributed by atoms with van der Waals surface area (Å²) in [6.45, 7) is 8.50. The highest BCUT2D eigenvalue weighted by molar-refractivity contribution is 5.34. The van der Waals surface area contributed by atoms with Crippen molar-refractivity contribution in [2.75, 3.05) is 32.0 Å². The Labute approximate surface area is 97.4 Å². The van der Waals surface area contributed by atoms with Crippen molar-refractivity contribution in [2.45, 2.75) is 20.4 Å². The van der Waals surface area contributed by atoms with Crippen LogP contribution in [0.3, 0.4) is 0 Å². The van der Waals surface area contributed by atoms with Crippen molar-refractivity contribution in [3.63, 3.8) is 0 Å². The molecule has 0 aliphatic heterocycles. The van der Waals surface area contributed by atoms with Crippen molar-refractivity contribution in [3.8, 4) is 0 Å². The molecule has 0 aromatic carbocycles. The summed E-state index contributed by atoms with van der Waals surface area (Å²) in [6.07, 6.45) is 1.70. The zero-order chi connectivity index (χ0) is 11.8. The van der Waals surface area contributed by atoms with E-state index < -0.39 is 0 Å². The molecule has 1 aromatic rings. The van der Waals surface area contributed by atoms with Gasteiger partial charge in [0.05, 0.1) is 24.2 Å². The lowest BCUT2D eigenvalue weighted by molar-refractivity contribution is 0.112. The van der Waals surface area contributed by atoms with Crippen LogP contribution in [-0.2, 0) is 11.3 Å². The average Bonchev–Trinajstić information content (AvgIpc) is 2.31. The number of nitrogens with two attached hydrogens (primary N) is 1. The second-order valence-electron chi connectivity index (χ2n) is 3.65. The Kier molecular flexibility index (Phi) is 5.82. The fraction of sp³-hybridized carbons (Fsp3) is 0.583. The van der Waals surface area contributed by atoms with Crippen LogP contribution in [0.5, 0.6) is 0 Å². The first kappa shape index (κ1) is 12.9. The van der Waals surface area contributed by atoms with Crippen LogP contribution in [0.1, 0.15) is 19.5 Å². The van der Waals surface area contributed by atoms with Crippen LogP contribution < -0.4 is 5.73 Å². The number of hydrogen-bond donors (Lipinski definition) is 1. The molecule has 0 saturated carbocycles. The third-order valence-electron chi connectivity index (χ3n) is 2.44. The summed E-state index contributed by atoms with van der Waals surface area (Å²) in [5.74, 6) is 0. The maximum Gasteiger partial charge on any atom is 0.0593 e. The van der Waals surface area contributed by atoms with Gasteiger partial charge in [-0.2, -0.15) is 0 Å². The first-order valence-corrected chi connectivity index (χ1v) is 5.76. The average molecular weight is 223 g/mol. The highest BCUT2D eigenvalue weighted by atomic mass is 16.5. The van der Waals surface area contributed by atoms with Gasteiger partial charge < -0.3 is 10.5 Å². The number of nitrogen functional groups attached to an aromatic ring is 1. The van der Waals surface area contributed by atoms with Crippen LogP contribution >= 0.6 is 0 Å². The Morgan fingerprint density at radius 1 is 1.38 bits per heavy atom. The van der Waals surface area contributed by atoms with Gasteiger partial charge >= 0.3 is 0 Å². The first-order chi connectivity index (χ1) is 7.76. The smallest absolute Gasteiger partial charge is 0.0593 e. The van der Waals surface area contributed by atoms with Crippen LogP contribution in [0.2, 0.25) is 0 Å². The van der Waals surface area contributed by atoms with E-state index in [0.29, 0.717) is 5.69 Å². The lowest BCUT2D eigenvalue weighted by atomic mass is 10.3. The van der Waals surface area contributed by atoms with E-state index in [9.17, 15) is 0 Å². The lowest BCUT2D eigenvalue weighted by Crippen LogP contribution is -2.27. The second kappa shape index (κ2) is 7.19. The molecule has 1 aromatic heterocycles. The zero-order valence-electron chi connectivity index (χ0n) is 10.1. The number of anilines is 1. The maximum atomic E-state index is 5.59. The fourth-order valence-electron chi connectivity index (χ4n) is 1.45. The summed E-state index contributed by atoms with van der Waals surface area (Å²) in [6, 6.07) is 3.86. The zero-order valence-corrected chi connectivity index (χ0v) is 10.1. The SMILES string of the molecule is CCOCCN(CC)Cc1ccc(N)cn1. The predicted molar refractivity (Wildman–Crippen MR) is 66.1 cm³/mol. The van der Waals surface area contributed by atoms with Gasteiger partial charge in [0.25, 0.3) is 0 Å². The highest BCUT2D eigenvalue weighted by Gasteiger charge is 2.04. The standard InChI is InChI=1S/C12H21N3O/c1-3-15(7-8-16-4-2)10-12-6-5-11(13)9-14-12/h5-6,9H,3-4,7-8,10,13H2,1-2H3. The molecule has 0 radical (unpaired) electrons. The van der Waals surface area contributed by atoms with E-state index in [2.05, 4.69) is 16.8 Å².